The van der Waals surface area contributed by atoms with E-state index in [1.165, 1.54) is 0 Å². The molecule has 0 aromatic carbocycles. The summed E-state index contributed by atoms with van der Waals surface area (Å²) in [6.07, 6.45) is 1.77. The lowest BCUT2D eigenvalue weighted by Gasteiger charge is -2.30. The number of hydrogen-bond acceptors (Lipinski definition) is 3. The van der Waals surface area contributed by atoms with Crippen molar-refractivity contribution < 1.29 is 9.47 Å². The lowest BCUT2D eigenvalue weighted by Crippen LogP contribution is -2.54. The van der Waals surface area contributed by atoms with Gasteiger partial charge in [-0.2, -0.15) is 0 Å². The molecule has 2 aliphatic heterocycles. The first-order chi connectivity index (χ1) is 4.66. The second kappa shape index (κ2) is 1.75. The van der Waals surface area contributed by atoms with Gasteiger partial charge in [-0.25, -0.2) is 0 Å². The van der Waals surface area contributed by atoms with Crippen molar-refractivity contribution in [1.82, 2.24) is 0 Å². The van der Waals surface area contributed by atoms with Crippen LogP contribution < -0.4 is 5.73 Å². The minimum absolute atomic E-state index is 0.201. The Labute approximate surface area is 61.3 Å². The second-order valence-electron chi connectivity index (χ2n) is 3.32. The molecular formula is C6H12BNO2. The van der Waals surface area contributed by atoms with E-state index in [2.05, 4.69) is 0 Å². The van der Waals surface area contributed by atoms with Gasteiger partial charge in [-0.3, -0.25) is 0 Å². The molecule has 0 spiro atoms. The first-order valence-electron chi connectivity index (χ1n) is 3.73. The smallest absolute Gasteiger partial charge is 0.149 e. The molecule has 10 heavy (non-hydrogen) atoms. The summed E-state index contributed by atoms with van der Waals surface area (Å²) < 4.78 is 10.9. The van der Waals surface area contributed by atoms with Crippen LogP contribution in [0.3, 0.4) is 0 Å². The standard InChI is InChI=1S/C6H12BNO2/c7-5-1-3-10-6(5,8)2-4-9-5/h1-4,7-8H2/t5-,6-/m1/s1. The van der Waals surface area contributed by atoms with Crippen molar-refractivity contribution >= 4 is 7.85 Å². The maximum atomic E-state index is 5.95. The van der Waals surface area contributed by atoms with E-state index in [0.29, 0.717) is 0 Å². The molecule has 2 rings (SSSR count). The highest BCUT2D eigenvalue weighted by Crippen LogP contribution is 2.40. The number of rotatable bonds is 0. The minimum Gasteiger partial charge on any atom is -0.380 e. The van der Waals surface area contributed by atoms with E-state index < -0.39 is 5.72 Å². The van der Waals surface area contributed by atoms with Crippen molar-refractivity contribution in [2.24, 2.45) is 5.73 Å². The quantitative estimate of drug-likeness (QED) is 0.431. The van der Waals surface area contributed by atoms with Gasteiger partial charge >= 0.3 is 0 Å². The van der Waals surface area contributed by atoms with Crippen LogP contribution in [-0.4, -0.2) is 32.3 Å². The van der Waals surface area contributed by atoms with Crippen LogP contribution in [0.25, 0.3) is 0 Å². The summed E-state index contributed by atoms with van der Waals surface area (Å²) >= 11 is 0. The molecule has 2 saturated heterocycles. The van der Waals surface area contributed by atoms with Gasteiger partial charge < -0.3 is 15.2 Å². The lowest BCUT2D eigenvalue weighted by atomic mass is 9.73. The summed E-state index contributed by atoms with van der Waals surface area (Å²) in [4.78, 5) is 0. The van der Waals surface area contributed by atoms with E-state index in [1.54, 1.807) is 0 Å². The Morgan fingerprint density at radius 1 is 1.20 bits per heavy atom. The van der Waals surface area contributed by atoms with E-state index >= 15 is 0 Å². The highest BCUT2D eigenvalue weighted by atomic mass is 16.6. The van der Waals surface area contributed by atoms with Crippen molar-refractivity contribution in [2.45, 2.75) is 24.1 Å². The predicted molar refractivity (Wildman–Crippen MR) is 39.3 cm³/mol. The Morgan fingerprint density at radius 3 is 2.60 bits per heavy atom. The molecule has 0 aromatic rings. The average molecular weight is 141 g/mol. The molecule has 0 aromatic heterocycles. The first-order valence-corrected chi connectivity index (χ1v) is 3.73. The molecule has 2 N–H and O–H groups in total. The fraction of sp³-hybridized carbons (Fsp3) is 1.00. The largest absolute Gasteiger partial charge is 0.380 e. The lowest BCUT2D eigenvalue weighted by molar-refractivity contribution is -0.0365. The van der Waals surface area contributed by atoms with Gasteiger partial charge in [0.2, 0.25) is 0 Å². The normalized spacial score (nSPS) is 53.3. The summed E-state index contributed by atoms with van der Waals surface area (Å²) in [7, 11) is 2.03. The third-order valence-corrected chi connectivity index (χ3v) is 2.73. The Bertz CT molecular complexity index is 136. The van der Waals surface area contributed by atoms with Gasteiger partial charge in [-0.15, -0.1) is 0 Å². The van der Waals surface area contributed by atoms with Gasteiger partial charge in [0.05, 0.1) is 18.7 Å². The molecule has 0 amide bonds. The summed E-state index contributed by atoms with van der Waals surface area (Å²) in [5.74, 6) is 0. The van der Waals surface area contributed by atoms with E-state index in [-0.39, 0.29) is 5.50 Å². The number of fused-ring (bicyclic) bond motifs is 1. The zero-order chi connectivity index (χ0) is 7.24. The monoisotopic (exact) mass is 141 g/mol. The fourth-order valence-electron chi connectivity index (χ4n) is 1.75. The first kappa shape index (κ1) is 6.64. The van der Waals surface area contributed by atoms with Crippen LogP contribution in [-0.2, 0) is 9.47 Å². The van der Waals surface area contributed by atoms with Crippen LogP contribution in [0.15, 0.2) is 0 Å². The predicted octanol–water partition coefficient (Wildman–Crippen LogP) is -1.19. The number of ether oxygens (including phenoxy) is 2. The van der Waals surface area contributed by atoms with Crippen LogP contribution in [0.4, 0.5) is 0 Å². The Kier molecular flexibility index (Phi) is 1.16. The Morgan fingerprint density at radius 2 is 1.90 bits per heavy atom. The Hall–Kier alpha value is -0.0551. The number of hydrogen-bond donors (Lipinski definition) is 1. The summed E-state index contributed by atoms with van der Waals surface area (Å²) in [5.41, 5.74) is 5.27. The molecule has 2 atom stereocenters. The zero-order valence-electron chi connectivity index (χ0n) is 6.22. The second-order valence-corrected chi connectivity index (χ2v) is 3.32. The van der Waals surface area contributed by atoms with Gasteiger partial charge in [0.25, 0.3) is 0 Å². The van der Waals surface area contributed by atoms with E-state index in [4.69, 9.17) is 15.2 Å². The van der Waals surface area contributed by atoms with Crippen LogP contribution in [0, 0.1) is 0 Å². The molecule has 2 heterocycles. The van der Waals surface area contributed by atoms with Crippen LogP contribution in [0.2, 0.25) is 0 Å². The molecule has 2 fully saturated rings. The highest BCUT2D eigenvalue weighted by molar-refractivity contribution is 6.15. The van der Waals surface area contributed by atoms with Crippen molar-refractivity contribution in [3.8, 4) is 0 Å². The van der Waals surface area contributed by atoms with Crippen LogP contribution >= 0.6 is 0 Å². The van der Waals surface area contributed by atoms with Gasteiger partial charge in [-0.1, -0.05) is 0 Å². The van der Waals surface area contributed by atoms with Crippen molar-refractivity contribution in [1.29, 1.82) is 0 Å². The molecule has 4 heteroatoms. The third-order valence-electron chi connectivity index (χ3n) is 2.73. The summed E-state index contributed by atoms with van der Waals surface area (Å²) in [6.45, 7) is 1.49. The molecule has 0 aliphatic carbocycles. The minimum atomic E-state index is -0.479. The van der Waals surface area contributed by atoms with Gasteiger partial charge in [0, 0.05) is 6.42 Å². The molecular weight excluding hydrogens is 129 g/mol. The Balaban J connectivity index is 2.30. The van der Waals surface area contributed by atoms with E-state index in [1.807, 2.05) is 7.85 Å². The number of nitrogens with two attached hydrogens (primary N) is 1. The molecule has 0 unspecified atom stereocenters. The molecule has 0 bridgehead atoms. The van der Waals surface area contributed by atoms with Gasteiger partial charge in [0.15, 0.2) is 0 Å². The van der Waals surface area contributed by atoms with Crippen LogP contribution in [0.1, 0.15) is 12.8 Å². The van der Waals surface area contributed by atoms with E-state index in [9.17, 15) is 0 Å². The summed E-state index contributed by atoms with van der Waals surface area (Å²) in [6, 6.07) is 0. The van der Waals surface area contributed by atoms with Gasteiger partial charge in [0.1, 0.15) is 13.6 Å². The van der Waals surface area contributed by atoms with Gasteiger partial charge in [-0.05, 0) is 6.42 Å². The molecule has 56 valence electrons. The average Bonchev–Trinajstić information content (AvgIpc) is 2.20. The van der Waals surface area contributed by atoms with Crippen molar-refractivity contribution in [3.63, 3.8) is 0 Å². The van der Waals surface area contributed by atoms with E-state index in [0.717, 1.165) is 26.1 Å². The maximum Gasteiger partial charge on any atom is 0.149 e. The molecule has 3 nitrogen and oxygen atoms in total. The SMILES string of the molecule is B[C@@]12CCO[C@]1(N)CCO2. The highest BCUT2D eigenvalue weighted by Gasteiger charge is 2.55. The van der Waals surface area contributed by atoms with Crippen molar-refractivity contribution in [3.05, 3.63) is 0 Å². The topological polar surface area (TPSA) is 44.5 Å². The summed E-state index contributed by atoms with van der Waals surface area (Å²) in [5, 5.41) is 0. The molecule has 0 saturated carbocycles. The fourth-order valence-corrected chi connectivity index (χ4v) is 1.75. The molecule has 2 aliphatic rings. The maximum absolute atomic E-state index is 5.95. The molecule has 0 radical (unpaired) electrons. The third kappa shape index (κ3) is 0.616. The zero-order valence-corrected chi connectivity index (χ0v) is 6.22. The van der Waals surface area contributed by atoms with Crippen molar-refractivity contribution in [2.75, 3.05) is 13.2 Å². The van der Waals surface area contributed by atoms with Crippen LogP contribution in [0.5, 0.6) is 0 Å².